The number of imide groups is 1. The molecule has 9 rings (SSSR count). The number of ether oxygens (including phenoxy) is 3. The number of para-hydroxylation sites is 1. The number of hydrogen-bond acceptors (Lipinski definition) is 10. The van der Waals surface area contributed by atoms with Gasteiger partial charge in [-0.25, -0.2) is 4.79 Å². The molecule has 0 aliphatic carbocycles. The first-order chi connectivity index (χ1) is 30.7. The van der Waals surface area contributed by atoms with Crippen molar-refractivity contribution >= 4 is 29.5 Å². The summed E-state index contributed by atoms with van der Waals surface area (Å²) in [6.45, 7) is 2.80. The Labute approximate surface area is 366 Å². The highest BCUT2D eigenvalue weighted by Crippen LogP contribution is 2.40. The van der Waals surface area contributed by atoms with Crippen molar-refractivity contribution in [3.05, 3.63) is 161 Å². The Morgan fingerprint density at radius 1 is 0.778 bits per heavy atom. The van der Waals surface area contributed by atoms with Gasteiger partial charge in [0, 0.05) is 37.3 Å². The summed E-state index contributed by atoms with van der Waals surface area (Å²) in [7, 11) is 0. The molecule has 4 heterocycles. The zero-order valence-corrected chi connectivity index (χ0v) is 34.9. The molecule has 0 bridgehead atoms. The number of piperidine rings is 1. The van der Waals surface area contributed by atoms with Gasteiger partial charge in [0.05, 0.1) is 38.4 Å². The maximum absolute atomic E-state index is 13.3. The van der Waals surface area contributed by atoms with Crippen molar-refractivity contribution in [3.8, 4) is 11.1 Å². The van der Waals surface area contributed by atoms with Gasteiger partial charge in [0.15, 0.2) is 6.29 Å². The predicted octanol–water partition coefficient (Wildman–Crippen LogP) is 6.37. The summed E-state index contributed by atoms with van der Waals surface area (Å²) < 4.78 is 18.7. The van der Waals surface area contributed by atoms with Crippen molar-refractivity contribution in [2.24, 2.45) is 0 Å². The number of nitrogens with zero attached hydrogens (tertiary/aromatic N) is 3. The van der Waals surface area contributed by atoms with Crippen molar-refractivity contribution in [2.45, 2.75) is 75.5 Å². The van der Waals surface area contributed by atoms with Crippen molar-refractivity contribution in [2.75, 3.05) is 31.2 Å². The molecular weight excluding hydrogens is 799 g/mol. The van der Waals surface area contributed by atoms with Gasteiger partial charge >= 0.3 is 6.09 Å². The molecule has 0 saturated carbocycles. The van der Waals surface area contributed by atoms with Gasteiger partial charge in [-0.05, 0) is 64.4 Å². The van der Waals surface area contributed by atoms with Crippen LogP contribution in [0.15, 0.2) is 133 Å². The van der Waals surface area contributed by atoms with Crippen molar-refractivity contribution < 1.29 is 38.5 Å². The van der Waals surface area contributed by atoms with Crippen LogP contribution in [-0.2, 0) is 48.4 Å². The van der Waals surface area contributed by atoms with E-state index in [0.717, 1.165) is 57.7 Å². The Hall–Kier alpha value is -6.38. The second-order valence-corrected chi connectivity index (χ2v) is 16.7. The maximum Gasteiger partial charge on any atom is 0.408 e. The molecule has 1 spiro atoms. The average molecular weight is 850 g/mol. The normalized spacial score (nSPS) is 22.3. The highest BCUT2D eigenvalue weighted by molar-refractivity contribution is 6.06. The number of hydrogen-bond donors (Lipinski definition) is 3. The van der Waals surface area contributed by atoms with Crippen LogP contribution in [0.4, 0.5) is 10.5 Å². The zero-order chi connectivity index (χ0) is 43.3. The molecule has 13 nitrogen and oxygen atoms in total. The quantitative estimate of drug-likeness (QED) is 0.121. The number of likely N-dealkylation sites (tertiary alicyclic amines) is 2. The van der Waals surface area contributed by atoms with Crippen LogP contribution in [0.25, 0.3) is 11.1 Å². The van der Waals surface area contributed by atoms with E-state index in [1.807, 2.05) is 121 Å². The number of carbonyl (C=O) groups excluding carboxylic acids is 4. The van der Waals surface area contributed by atoms with Crippen molar-refractivity contribution in [3.63, 3.8) is 0 Å². The molecule has 0 aromatic heterocycles. The summed E-state index contributed by atoms with van der Waals surface area (Å²) >= 11 is 0. The number of carbonyl (C=O) groups is 4. The lowest BCUT2D eigenvalue weighted by Gasteiger charge is -2.45. The topological polar surface area (TPSA) is 150 Å². The summed E-state index contributed by atoms with van der Waals surface area (Å²) in [5.41, 5.74) is 6.62. The standard InChI is InChI=1S/C50H51N5O8/c56-31-34-14-16-38(17-15-34)44-27-42(30-53-24-22-50(23-25-53)48(59)51-33-55(50)41-12-5-2-6-13-41)62-47(63-44)39-20-18-37(19-21-39)40-11-7-10-36(26-40)29-54-45(57)28-43(46(54)58)52-49(60)61-32-35-8-3-1-4-9-35/h1-21,26,42-44,47,56H,22-25,27-33H2,(H,51,59)(H,52,60). The second-order valence-electron chi connectivity index (χ2n) is 16.7. The molecule has 4 fully saturated rings. The van der Waals surface area contributed by atoms with Crippen LogP contribution in [0.5, 0.6) is 0 Å². The lowest BCUT2D eigenvalue weighted by atomic mass is 9.85. The van der Waals surface area contributed by atoms with Gasteiger partial charge in [0.2, 0.25) is 11.8 Å². The van der Waals surface area contributed by atoms with E-state index in [1.165, 1.54) is 4.90 Å². The second kappa shape index (κ2) is 18.5. The van der Waals surface area contributed by atoms with Gasteiger partial charge in [-0.2, -0.15) is 0 Å². The molecule has 4 aliphatic rings. The number of alkyl carbamates (subject to hydrolysis) is 1. The van der Waals surface area contributed by atoms with Gasteiger partial charge in [-0.3, -0.25) is 19.3 Å². The monoisotopic (exact) mass is 849 g/mol. The summed E-state index contributed by atoms with van der Waals surface area (Å²) in [4.78, 5) is 57.8. The van der Waals surface area contributed by atoms with Crippen molar-refractivity contribution in [1.82, 2.24) is 20.4 Å². The summed E-state index contributed by atoms with van der Waals surface area (Å²) in [5.74, 6) is -0.745. The van der Waals surface area contributed by atoms with E-state index in [1.54, 1.807) is 0 Å². The van der Waals surface area contributed by atoms with Crippen LogP contribution in [0.1, 0.15) is 65.9 Å². The van der Waals surface area contributed by atoms with Gasteiger partial charge in [-0.1, -0.05) is 115 Å². The van der Waals surface area contributed by atoms with Crippen LogP contribution in [0.3, 0.4) is 0 Å². The first-order valence-corrected chi connectivity index (χ1v) is 21.6. The fourth-order valence-electron chi connectivity index (χ4n) is 9.19. The van der Waals surface area contributed by atoms with Crippen LogP contribution < -0.4 is 15.5 Å². The van der Waals surface area contributed by atoms with Crippen LogP contribution >= 0.6 is 0 Å². The molecule has 4 saturated heterocycles. The molecule has 324 valence electrons. The SMILES string of the molecule is O=C(NC1CC(=O)N(Cc2cccc(-c3ccc(C4OC(CN5CCC6(CC5)C(=O)NCN6c5ccccc5)CC(c5ccc(CO)cc5)O4)cc3)c2)C1=O)OCc1ccccc1. The van der Waals surface area contributed by atoms with Crippen LogP contribution in [0, 0.1) is 0 Å². The Morgan fingerprint density at radius 3 is 2.21 bits per heavy atom. The summed E-state index contributed by atoms with van der Waals surface area (Å²) in [6.07, 6.45) is 0.158. The number of anilines is 1. The third-order valence-electron chi connectivity index (χ3n) is 12.7. The molecule has 5 aromatic carbocycles. The molecule has 3 N–H and O–H groups in total. The lowest BCUT2D eigenvalue weighted by Crippen LogP contribution is -2.57. The van der Waals surface area contributed by atoms with E-state index in [9.17, 15) is 24.3 Å². The fraction of sp³-hybridized carbons (Fsp3) is 0.320. The minimum atomic E-state index is -0.988. The van der Waals surface area contributed by atoms with Gasteiger partial charge < -0.3 is 39.8 Å². The highest BCUT2D eigenvalue weighted by Gasteiger charge is 2.50. The molecule has 4 aliphatic heterocycles. The number of aliphatic hydroxyl groups is 1. The largest absolute Gasteiger partial charge is 0.445 e. The average Bonchev–Trinajstić information content (AvgIpc) is 3.78. The molecule has 13 heteroatoms. The van der Waals surface area contributed by atoms with Crippen LogP contribution in [-0.4, -0.2) is 82.7 Å². The number of nitrogens with one attached hydrogen (secondary N) is 2. The fourth-order valence-corrected chi connectivity index (χ4v) is 9.19. The molecule has 4 atom stereocenters. The first-order valence-electron chi connectivity index (χ1n) is 21.6. The molecule has 63 heavy (non-hydrogen) atoms. The summed E-state index contributed by atoms with van der Waals surface area (Å²) in [5, 5.41) is 15.3. The Balaban J connectivity index is 0.851. The molecule has 5 aromatic rings. The van der Waals surface area contributed by atoms with Gasteiger partial charge in [-0.15, -0.1) is 0 Å². The van der Waals surface area contributed by atoms with E-state index >= 15 is 0 Å². The maximum atomic E-state index is 13.3. The minimum absolute atomic E-state index is 0.0358. The van der Waals surface area contributed by atoms with E-state index < -0.39 is 29.9 Å². The third kappa shape index (κ3) is 9.23. The third-order valence-corrected chi connectivity index (χ3v) is 12.7. The molecule has 4 unspecified atom stereocenters. The predicted molar refractivity (Wildman–Crippen MR) is 234 cm³/mol. The number of rotatable bonds is 12. The lowest BCUT2D eigenvalue weighted by molar-refractivity contribution is -0.253. The summed E-state index contributed by atoms with van der Waals surface area (Å²) in [6, 6.07) is 42.0. The van der Waals surface area contributed by atoms with Gasteiger partial charge in [0.25, 0.3) is 5.91 Å². The number of amides is 4. The minimum Gasteiger partial charge on any atom is -0.445 e. The number of aliphatic hydroxyl groups excluding tert-OH is 1. The highest BCUT2D eigenvalue weighted by atomic mass is 16.7. The first kappa shape index (κ1) is 41.9. The molecular formula is C50H51N5O8. The Bertz CT molecular complexity index is 2410. The van der Waals surface area contributed by atoms with Crippen LogP contribution in [0.2, 0.25) is 0 Å². The Morgan fingerprint density at radius 2 is 1.48 bits per heavy atom. The zero-order valence-electron chi connectivity index (χ0n) is 34.9. The number of benzene rings is 5. The van der Waals surface area contributed by atoms with E-state index in [2.05, 4.69) is 32.6 Å². The Kier molecular flexibility index (Phi) is 12.3. The van der Waals surface area contributed by atoms with Gasteiger partial charge in [0.1, 0.15) is 18.2 Å². The van der Waals surface area contributed by atoms with E-state index in [4.69, 9.17) is 14.2 Å². The smallest absolute Gasteiger partial charge is 0.408 e. The van der Waals surface area contributed by atoms with E-state index in [-0.39, 0.29) is 50.2 Å². The molecule has 4 amide bonds. The van der Waals surface area contributed by atoms with Crippen molar-refractivity contribution in [1.29, 1.82) is 0 Å². The molecule has 0 radical (unpaired) electrons. The van der Waals surface area contributed by atoms with E-state index in [0.29, 0.717) is 32.5 Å².